The normalized spacial score (nSPS) is 18.1. The van der Waals surface area contributed by atoms with Gasteiger partial charge in [-0.3, -0.25) is 9.59 Å². The van der Waals surface area contributed by atoms with Crippen LogP contribution in [0.25, 0.3) is 89.6 Å². The summed E-state index contributed by atoms with van der Waals surface area (Å²) in [6.45, 7) is 14.3. The number of carbonyl (C=O) groups excluding carboxylic acids is 5. The Bertz CT molecular complexity index is 4630. The SMILES string of the molecule is COC(=O)N[C@H](C(=O)N1CCC[C@H]1c1ncc(-c2ccc(-c3cc4cc(-c5cnc([C@@H]6CCCN6C(=O)[C@@H](NC(=O)OC)C(C)C)[nH]5)ccc4o3)cc2)[nH]1)C(C)C.COC(=O)N[C@H](C(=O)O)C(C)C.c1cc(-c2cc3cc(-c4cnc([C@@H]5CCCN5)[nH]4)ccc3o2)ccc1-c1cnc([C@@H]2CCCN2)[nH]1. The van der Waals surface area contributed by atoms with Gasteiger partial charge < -0.3 is 84.5 Å². The van der Waals surface area contributed by atoms with Crippen molar-refractivity contribution in [1.82, 2.24) is 76.3 Å². The van der Waals surface area contributed by atoms with Gasteiger partial charge in [0.05, 0.1) is 93.1 Å². The molecule has 4 aliphatic rings. The summed E-state index contributed by atoms with van der Waals surface area (Å²) in [6, 6.07) is 30.8. The number of ether oxygens (including phenoxy) is 3. The van der Waals surface area contributed by atoms with Crippen molar-refractivity contribution < 1.29 is 56.9 Å². The predicted molar refractivity (Wildman–Crippen MR) is 391 cm³/mol. The summed E-state index contributed by atoms with van der Waals surface area (Å²) in [6.07, 6.45) is 13.3. The lowest BCUT2D eigenvalue weighted by Gasteiger charge is -2.30. The lowest BCUT2D eigenvalue weighted by molar-refractivity contribution is -0.140. The molecule has 4 fully saturated rings. The van der Waals surface area contributed by atoms with E-state index in [1.54, 1.807) is 36.0 Å². The van der Waals surface area contributed by atoms with E-state index in [0.29, 0.717) is 36.8 Å². The number of aromatic amines is 4. The number of benzene rings is 4. The van der Waals surface area contributed by atoms with Crippen LogP contribution in [-0.2, 0) is 28.6 Å². The molecule has 7 atom stereocenters. The molecule has 27 heteroatoms. The Morgan fingerprint density at radius 2 is 0.779 bits per heavy atom. The number of hydrogen-bond acceptors (Lipinski definition) is 17. The number of nitrogens with zero attached hydrogens (tertiary/aromatic N) is 6. The van der Waals surface area contributed by atoms with Gasteiger partial charge in [-0.2, -0.15) is 0 Å². The zero-order valence-electron chi connectivity index (χ0n) is 59.9. The van der Waals surface area contributed by atoms with Crippen LogP contribution in [0, 0.1) is 17.8 Å². The molecule has 14 rings (SSSR count). The third-order valence-electron chi connectivity index (χ3n) is 19.7. The van der Waals surface area contributed by atoms with E-state index in [1.807, 2.05) is 88.6 Å². The van der Waals surface area contributed by atoms with E-state index in [4.69, 9.17) is 23.4 Å². The maximum Gasteiger partial charge on any atom is 0.407 e. The van der Waals surface area contributed by atoms with Crippen molar-refractivity contribution in [3.8, 4) is 67.7 Å². The Morgan fingerprint density at radius 1 is 0.442 bits per heavy atom. The number of alkyl carbamates (subject to hydrolysis) is 3. The van der Waals surface area contributed by atoms with Crippen molar-refractivity contribution in [2.24, 2.45) is 17.8 Å². The molecule has 4 aromatic carbocycles. The van der Waals surface area contributed by atoms with Crippen molar-refractivity contribution in [1.29, 1.82) is 0 Å². The summed E-state index contributed by atoms with van der Waals surface area (Å²) in [5, 5.41) is 25.2. The number of rotatable bonds is 19. The van der Waals surface area contributed by atoms with Gasteiger partial charge in [0.25, 0.3) is 0 Å². The largest absolute Gasteiger partial charge is 0.480 e. The number of H-pyrrole nitrogens is 4. The molecule has 0 unspecified atom stereocenters. The summed E-state index contributed by atoms with van der Waals surface area (Å²) in [5.41, 5.74) is 11.5. The van der Waals surface area contributed by atoms with Crippen molar-refractivity contribution in [2.75, 3.05) is 47.5 Å². The molecule has 0 spiro atoms. The second-order valence-corrected chi connectivity index (χ2v) is 27.7. The maximum atomic E-state index is 13.6. The average molecular weight is 1420 g/mol. The number of carboxylic acids is 1. The molecule has 10 N–H and O–H groups in total. The minimum atomic E-state index is -1.06. The molecule has 0 radical (unpaired) electrons. The number of hydrogen-bond donors (Lipinski definition) is 10. The quantitative estimate of drug-likeness (QED) is 0.0336. The first kappa shape index (κ1) is 72.7. The molecule has 104 heavy (non-hydrogen) atoms. The highest BCUT2D eigenvalue weighted by atomic mass is 16.5. The van der Waals surface area contributed by atoms with E-state index < -0.39 is 42.4 Å². The summed E-state index contributed by atoms with van der Waals surface area (Å²) < 4.78 is 26.2. The lowest BCUT2D eigenvalue weighted by Crippen LogP contribution is -2.51. The van der Waals surface area contributed by atoms with Crippen LogP contribution in [-0.4, -0.2) is 156 Å². The Hall–Kier alpha value is -11.1. The smallest absolute Gasteiger partial charge is 0.407 e. The molecule has 546 valence electrons. The summed E-state index contributed by atoms with van der Waals surface area (Å²) >= 11 is 0. The third kappa shape index (κ3) is 16.5. The molecule has 0 bridgehead atoms. The number of carboxylic acid groups (broad SMARTS) is 1. The predicted octanol–water partition coefficient (Wildman–Crippen LogP) is 13.1. The van der Waals surface area contributed by atoms with Gasteiger partial charge in [0.1, 0.15) is 64.1 Å². The Morgan fingerprint density at radius 3 is 1.12 bits per heavy atom. The molecule has 27 nitrogen and oxygen atoms in total. The monoisotopic (exact) mass is 1420 g/mol. The van der Waals surface area contributed by atoms with Crippen molar-refractivity contribution in [3.05, 3.63) is 145 Å². The number of imidazole rings is 4. The van der Waals surface area contributed by atoms with Crippen LogP contribution >= 0.6 is 0 Å². The van der Waals surface area contributed by atoms with E-state index in [9.17, 15) is 28.8 Å². The van der Waals surface area contributed by atoms with Crippen LogP contribution in [0.15, 0.2) is 131 Å². The van der Waals surface area contributed by atoms with Crippen molar-refractivity contribution >= 4 is 58.0 Å². The van der Waals surface area contributed by atoms with Crippen LogP contribution in [0.4, 0.5) is 14.4 Å². The van der Waals surface area contributed by atoms with Gasteiger partial charge in [0.15, 0.2) is 0 Å². The fraction of sp³-hybridized carbons (Fsp3) is 0.403. The van der Waals surface area contributed by atoms with Crippen molar-refractivity contribution in [2.45, 2.75) is 135 Å². The van der Waals surface area contributed by atoms with Crippen molar-refractivity contribution in [3.63, 3.8) is 0 Å². The fourth-order valence-electron chi connectivity index (χ4n) is 13.9. The number of amides is 5. The first-order chi connectivity index (χ1) is 50.2. The number of aromatic nitrogens is 8. The molecule has 0 saturated carbocycles. The zero-order valence-corrected chi connectivity index (χ0v) is 59.9. The number of aliphatic carboxylic acids is 1. The third-order valence-corrected chi connectivity index (χ3v) is 19.7. The number of carbonyl (C=O) groups is 6. The standard InChI is InChI=1S/C42H50N8O7.C28H28N6O.C7H13NO4/c1-23(2)35(47-41(53)55-5)39(51)49-17-7-9-31(49)37-43-21-29(45-37)25-11-13-26(14-12-25)34-20-28-19-27(15-16-33(28)57-34)30-22-44-38(46-30)32-10-8-18-50(32)40(52)36(24(3)4)48-42(54)56-6;1-3-21(29-11-1)27-31-15-23(33-27)17-5-7-18(8-6-17)26-14-20-13-19(9-10-25(20)35-26)24-16-32-28(34-24)22-4-2-12-30-22;1-4(2)5(6(9)10)8-7(11)12-3/h11-16,19-24,31-32,35-36H,7-10,17-18H2,1-6H3,(H,43,45)(H,44,46)(H,47,53)(H,48,54);5-10,13-16,21-22,29-30H,1-4,11-12H2,(H,31,33)(H,32,34);4-5H,1-3H3,(H,8,11)(H,9,10)/t31-,32-,35-,36-;21-,22-;5-/m000/s1. The van der Waals surface area contributed by atoms with Crippen LogP contribution in [0.2, 0.25) is 0 Å². The highest BCUT2D eigenvalue weighted by Crippen LogP contribution is 2.39. The number of methoxy groups -OCH3 is 3. The molecular weight excluding hydrogens is 1330 g/mol. The average Bonchev–Trinajstić information content (AvgIpc) is 1.65. The molecular formula is C77H91N15O12. The minimum absolute atomic E-state index is 0.113. The van der Waals surface area contributed by atoms with E-state index in [-0.39, 0.29) is 41.7 Å². The van der Waals surface area contributed by atoms with E-state index in [1.165, 1.54) is 34.2 Å². The van der Waals surface area contributed by atoms with Gasteiger partial charge in [-0.25, -0.2) is 39.1 Å². The first-order valence-corrected chi connectivity index (χ1v) is 35.6. The van der Waals surface area contributed by atoms with Gasteiger partial charge in [-0.05, 0) is 142 Å². The lowest BCUT2D eigenvalue weighted by atomic mass is 10.0. The van der Waals surface area contributed by atoms with E-state index in [2.05, 4.69) is 120 Å². The van der Waals surface area contributed by atoms with Gasteiger partial charge in [0, 0.05) is 46.1 Å². The molecule has 10 aromatic rings. The molecule has 6 aromatic heterocycles. The molecule has 10 heterocycles. The van der Waals surface area contributed by atoms with Gasteiger partial charge >= 0.3 is 24.2 Å². The van der Waals surface area contributed by atoms with Gasteiger partial charge in [-0.15, -0.1) is 0 Å². The molecule has 4 aliphatic heterocycles. The fourth-order valence-corrected chi connectivity index (χ4v) is 13.9. The van der Waals surface area contributed by atoms with Gasteiger partial charge in [0.2, 0.25) is 11.8 Å². The van der Waals surface area contributed by atoms with Crippen LogP contribution in [0.3, 0.4) is 0 Å². The van der Waals surface area contributed by atoms with Crippen LogP contribution < -0.4 is 26.6 Å². The topological polar surface area (TPSA) is 358 Å². The zero-order chi connectivity index (χ0) is 73.3. The van der Waals surface area contributed by atoms with E-state index in [0.717, 1.165) is 153 Å². The van der Waals surface area contributed by atoms with Crippen LogP contribution in [0.1, 0.15) is 140 Å². The van der Waals surface area contributed by atoms with Gasteiger partial charge in [-0.1, -0.05) is 90.1 Å². The second-order valence-electron chi connectivity index (χ2n) is 27.7. The summed E-state index contributed by atoms with van der Waals surface area (Å²) in [5.74, 6) is 3.30. The Labute approximate surface area is 601 Å². The molecule has 5 amide bonds. The molecule has 0 aliphatic carbocycles. The maximum absolute atomic E-state index is 13.6. The highest BCUT2D eigenvalue weighted by molar-refractivity contribution is 5.90. The number of likely N-dealkylation sites (tertiary alicyclic amines) is 2. The Balaban J connectivity index is 0.000000182. The van der Waals surface area contributed by atoms with Crippen LogP contribution in [0.5, 0.6) is 0 Å². The number of fused-ring (bicyclic) bond motifs is 2. The summed E-state index contributed by atoms with van der Waals surface area (Å²) in [4.78, 5) is 108. The molecule has 4 saturated heterocycles. The Kier molecular flexibility index (Phi) is 22.7. The first-order valence-electron chi connectivity index (χ1n) is 35.6. The number of furan rings is 2. The summed E-state index contributed by atoms with van der Waals surface area (Å²) in [7, 11) is 3.76. The second kappa shape index (κ2) is 32.5. The number of nitrogens with one attached hydrogen (secondary N) is 9. The van der Waals surface area contributed by atoms with E-state index >= 15 is 0 Å². The highest BCUT2D eigenvalue weighted by Gasteiger charge is 2.40. The minimum Gasteiger partial charge on any atom is -0.480 e.